The minimum absolute atomic E-state index is 0. The van der Waals surface area contributed by atoms with E-state index in [9.17, 15) is 58.8 Å². The Morgan fingerprint density at radius 2 is 0.512 bits per heavy atom. The molecular formula is C28H44O12Zr. The number of carboxylic acid groups (broad SMARTS) is 4. The number of carboxylic acids is 4. The maximum absolute atomic E-state index is 10.6. The average Bonchev–Trinajstić information content (AvgIpc) is 2.83. The van der Waals surface area contributed by atoms with Gasteiger partial charge in [0.2, 0.25) is 0 Å². The molecule has 13 heteroatoms. The summed E-state index contributed by atoms with van der Waals surface area (Å²) < 4.78 is 0. The first kappa shape index (κ1) is 48.2. The van der Waals surface area contributed by atoms with Gasteiger partial charge in [0.1, 0.15) is 23.1 Å². The molecule has 0 unspecified atom stereocenters. The van der Waals surface area contributed by atoms with E-state index in [2.05, 4.69) is 0 Å². The van der Waals surface area contributed by atoms with Crippen molar-refractivity contribution in [2.45, 2.75) is 130 Å². The summed E-state index contributed by atoms with van der Waals surface area (Å²) in [4.78, 5) is 81.7. The Morgan fingerprint density at radius 3 is 0.610 bits per heavy atom. The van der Waals surface area contributed by atoms with Crippen molar-refractivity contribution in [3.05, 3.63) is 0 Å². The van der Waals surface area contributed by atoms with Gasteiger partial charge >= 0.3 is 26.2 Å². The number of rotatable bonds is 20. The molecule has 232 valence electrons. The predicted molar refractivity (Wildman–Crippen MR) is 137 cm³/mol. The molecule has 0 spiro atoms. The minimum atomic E-state index is -1.28. The van der Waals surface area contributed by atoms with Gasteiger partial charge in [0.25, 0.3) is 0 Å². The van der Waals surface area contributed by atoms with Crippen LogP contribution in [0.3, 0.4) is 0 Å². The third-order valence-corrected chi connectivity index (χ3v) is 4.60. The zero-order chi connectivity index (χ0) is 31.9. The van der Waals surface area contributed by atoms with Crippen LogP contribution >= 0.6 is 0 Å². The molecule has 41 heavy (non-hydrogen) atoms. The Hall–Kier alpha value is -2.56. The molecule has 0 amide bonds. The molecule has 0 aromatic rings. The second-order valence-electron chi connectivity index (χ2n) is 8.76. The molecule has 0 saturated carbocycles. The van der Waals surface area contributed by atoms with Crippen LogP contribution in [0.15, 0.2) is 0 Å². The van der Waals surface area contributed by atoms with Crippen molar-refractivity contribution in [1.82, 2.24) is 0 Å². The van der Waals surface area contributed by atoms with E-state index in [4.69, 9.17) is 0 Å². The molecule has 0 heterocycles. The average molecular weight is 664 g/mol. The topological polar surface area (TPSA) is 229 Å². The van der Waals surface area contributed by atoms with Gasteiger partial charge in [-0.25, -0.2) is 0 Å². The molecule has 0 aromatic carbocycles. The number of carbonyl (C=O) groups excluding carboxylic acids is 8. The Kier molecular flexibility index (Phi) is 41.7. The van der Waals surface area contributed by atoms with E-state index in [1.807, 2.05) is 27.7 Å². The van der Waals surface area contributed by atoms with Crippen LogP contribution in [0.4, 0.5) is 0 Å². The maximum atomic E-state index is 10.6. The van der Waals surface area contributed by atoms with Crippen molar-refractivity contribution in [3.8, 4) is 0 Å². The van der Waals surface area contributed by atoms with Crippen LogP contribution in [0, 0.1) is 0 Å². The molecule has 0 aliphatic rings. The molecule has 0 fully saturated rings. The van der Waals surface area contributed by atoms with Crippen molar-refractivity contribution in [3.63, 3.8) is 0 Å². The Balaban J connectivity index is -0.000000139. The molecule has 0 aliphatic heterocycles. The second-order valence-corrected chi connectivity index (χ2v) is 8.76. The second kappa shape index (κ2) is 35.5. The van der Waals surface area contributed by atoms with Crippen LogP contribution in [-0.2, 0) is 64.6 Å². The molecule has 0 saturated heterocycles. The van der Waals surface area contributed by atoms with Crippen LogP contribution in [0.2, 0.25) is 0 Å². The van der Waals surface area contributed by atoms with Crippen molar-refractivity contribution in [1.29, 1.82) is 0 Å². The van der Waals surface area contributed by atoms with E-state index < -0.39 is 49.6 Å². The Bertz CT molecular complexity index is 650. The first-order chi connectivity index (χ1) is 18.7. The maximum Gasteiger partial charge on any atom is 4.00 e. The summed E-state index contributed by atoms with van der Waals surface area (Å²) in [5.74, 6) is -6.04. The standard InChI is InChI=1S/4C7H12O3.Zr/c4*1-2-3-4-6(8)5-7(9)10;/h4*2-5H2,1H3,(H,9,10);/q;;;;+4/p-4. The van der Waals surface area contributed by atoms with Gasteiger partial charge in [-0.2, -0.15) is 0 Å². The SMILES string of the molecule is CCCCC(=O)CC(=O)[O-].CCCCC(=O)CC(=O)[O-].CCCCC(=O)CC(=O)[O-].CCCCC(=O)CC(=O)[O-].[Zr+4]. The number of aliphatic carboxylic acids is 4. The van der Waals surface area contributed by atoms with E-state index in [0.717, 1.165) is 51.4 Å². The van der Waals surface area contributed by atoms with Gasteiger partial charge in [0, 0.05) is 75.2 Å². The zero-order valence-electron chi connectivity index (χ0n) is 24.7. The third-order valence-electron chi connectivity index (χ3n) is 4.60. The van der Waals surface area contributed by atoms with Crippen LogP contribution in [0.1, 0.15) is 130 Å². The summed E-state index contributed by atoms with van der Waals surface area (Å²) in [6.07, 6.45) is 6.48. The monoisotopic (exact) mass is 662 g/mol. The number of ketones is 4. The molecule has 0 N–H and O–H groups in total. The van der Waals surface area contributed by atoms with Crippen molar-refractivity contribution >= 4 is 47.0 Å². The van der Waals surface area contributed by atoms with E-state index in [0.29, 0.717) is 25.7 Å². The van der Waals surface area contributed by atoms with Gasteiger partial charge in [0.05, 0.1) is 0 Å². The fraction of sp³-hybridized carbons (Fsp3) is 0.714. The smallest absolute Gasteiger partial charge is 0.550 e. The fourth-order valence-electron chi connectivity index (χ4n) is 2.49. The van der Waals surface area contributed by atoms with Crippen molar-refractivity contribution < 1.29 is 85.0 Å². The molecular weight excluding hydrogens is 620 g/mol. The number of hydrogen-bond acceptors (Lipinski definition) is 12. The van der Waals surface area contributed by atoms with Gasteiger partial charge in [-0.3, -0.25) is 19.2 Å². The normalized spacial score (nSPS) is 9.07. The summed E-state index contributed by atoms with van der Waals surface area (Å²) in [7, 11) is 0. The largest absolute Gasteiger partial charge is 4.00 e. The van der Waals surface area contributed by atoms with Gasteiger partial charge in [-0.1, -0.05) is 53.4 Å². The molecule has 0 atom stereocenters. The molecule has 0 aromatic heterocycles. The summed E-state index contributed by atoms with van der Waals surface area (Å²) in [5, 5.41) is 39.4. The molecule has 12 nitrogen and oxygen atoms in total. The molecule has 0 bridgehead atoms. The Labute approximate surface area is 261 Å². The quantitative estimate of drug-likeness (QED) is 0.151. The van der Waals surface area contributed by atoms with E-state index in [1.165, 1.54) is 0 Å². The fourth-order valence-corrected chi connectivity index (χ4v) is 2.49. The minimum Gasteiger partial charge on any atom is -0.550 e. The predicted octanol–water partition coefficient (Wildman–Crippen LogP) is -0.460. The first-order valence-electron chi connectivity index (χ1n) is 13.5. The van der Waals surface area contributed by atoms with Crippen molar-refractivity contribution in [2.75, 3.05) is 0 Å². The van der Waals surface area contributed by atoms with E-state index in [-0.39, 0.29) is 49.3 Å². The van der Waals surface area contributed by atoms with Gasteiger partial charge in [0.15, 0.2) is 0 Å². The van der Waals surface area contributed by atoms with Crippen LogP contribution in [0.5, 0.6) is 0 Å². The summed E-state index contributed by atoms with van der Waals surface area (Å²) in [5.41, 5.74) is 0. The van der Waals surface area contributed by atoms with Gasteiger partial charge in [-0.15, -0.1) is 0 Å². The van der Waals surface area contributed by atoms with Crippen molar-refractivity contribution in [2.24, 2.45) is 0 Å². The van der Waals surface area contributed by atoms with Crippen LogP contribution < -0.4 is 20.4 Å². The molecule has 0 aliphatic carbocycles. The summed E-state index contributed by atoms with van der Waals surface area (Å²) in [6.45, 7) is 7.80. The Morgan fingerprint density at radius 1 is 0.366 bits per heavy atom. The van der Waals surface area contributed by atoms with Gasteiger partial charge in [-0.05, 0) is 25.7 Å². The number of carbonyl (C=O) groups is 8. The zero-order valence-corrected chi connectivity index (χ0v) is 27.2. The third kappa shape index (κ3) is 54.3. The van der Waals surface area contributed by atoms with Crippen LogP contribution in [-0.4, -0.2) is 47.0 Å². The van der Waals surface area contributed by atoms with E-state index >= 15 is 0 Å². The number of Topliss-reactive ketones (excluding diaryl/α,β-unsaturated/α-hetero) is 4. The molecule has 0 rings (SSSR count). The first-order valence-corrected chi connectivity index (χ1v) is 13.5. The molecule has 0 radical (unpaired) electrons. The van der Waals surface area contributed by atoms with Gasteiger partial charge < -0.3 is 39.6 Å². The van der Waals surface area contributed by atoms with Crippen LogP contribution in [0.25, 0.3) is 0 Å². The van der Waals surface area contributed by atoms with E-state index in [1.54, 1.807) is 0 Å². The number of unbranched alkanes of at least 4 members (excludes halogenated alkanes) is 4. The summed E-state index contributed by atoms with van der Waals surface area (Å²) in [6, 6.07) is 0. The number of hydrogen-bond donors (Lipinski definition) is 0. The summed E-state index contributed by atoms with van der Waals surface area (Å²) >= 11 is 0.